The molecule has 1 amide bonds. The number of aromatic nitrogens is 1. The van der Waals surface area contributed by atoms with E-state index in [0.717, 1.165) is 55.7 Å². The molecule has 0 aliphatic carbocycles. The molecule has 2 fully saturated rings. The fourth-order valence-electron chi connectivity index (χ4n) is 5.37. The van der Waals surface area contributed by atoms with E-state index < -0.39 is 0 Å². The van der Waals surface area contributed by atoms with Gasteiger partial charge in [0.1, 0.15) is 11.4 Å². The molecule has 182 valence electrons. The van der Waals surface area contributed by atoms with Crippen LogP contribution in [0, 0.1) is 5.92 Å². The molecule has 6 heteroatoms. The SMILES string of the molecule is CC(C)COc1cccc2[nH]c(C(=O)NC3CCN(CCN4C(C)CCCC4C)CC3)cc12. The lowest BCUT2D eigenvalue weighted by Crippen LogP contribution is -2.50. The van der Waals surface area contributed by atoms with E-state index in [1.165, 1.54) is 19.3 Å². The number of amides is 1. The van der Waals surface area contributed by atoms with Crippen LogP contribution in [0.25, 0.3) is 10.9 Å². The molecule has 2 saturated heterocycles. The van der Waals surface area contributed by atoms with E-state index in [1.54, 1.807) is 0 Å². The average Bonchev–Trinajstić information content (AvgIpc) is 3.23. The maximum Gasteiger partial charge on any atom is 0.267 e. The van der Waals surface area contributed by atoms with Gasteiger partial charge in [0.15, 0.2) is 0 Å². The lowest BCUT2D eigenvalue weighted by Gasteiger charge is -2.41. The van der Waals surface area contributed by atoms with Crippen molar-refractivity contribution >= 4 is 16.8 Å². The number of likely N-dealkylation sites (tertiary alicyclic amines) is 2. The highest BCUT2D eigenvalue weighted by molar-refractivity contribution is 5.99. The van der Waals surface area contributed by atoms with Crippen molar-refractivity contribution < 1.29 is 9.53 Å². The smallest absolute Gasteiger partial charge is 0.267 e. The Kier molecular flexibility index (Phi) is 7.97. The third-order valence-electron chi connectivity index (χ3n) is 7.41. The van der Waals surface area contributed by atoms with Crippen molar-refractivity contribution in [1.29, 1.82) is 0 Å². The van der Waals surface area contributed by atoms with Crippen LogP contribution in [-0.2, 0) is 0 Å². The van der Waals surface area contributed by atoms with Gasteiger partial charge < -0.3 is 19.9 Å². The first-order valence-corrected chi connectivity index (χ1v) is 12.9. The van der Waals surface area contributed by atoms with Gasteiger partial charge in [-0.1, -0.05) is 26.3 Å². The molecular formula is C27H42N4O2. The molecule has 2 aliphatic heterocycles. The lowest BCUT2D eigenvalue weighted by molar-refractivity contribution is 0.0779. The zero-order chi connectivity index (χ0) is 23.4. The van der Waals surface area contributed by atoms with Gasteiger partial charge in [-0.2, -0.15) is 0 Å². The number of rotatable bonds is 8. The topological polar surface area (TPSA) is 60.6 Å². The maximum absolute atomic E-state index is 12.9. The first-order valence-electron chi connectivity index (χ1n) is 12.9. The molecule has 2 aliphatic rings. The summed E-state index contributed by atoms with van der Waals surface area (Å²) in [6.07, 6.45) is 6.06. The summed E-state index contributed by atoms with van der Waals surface area (Å²) >= 11 is 0. The number of fused-ring (bicyclic) bond motifs is 1. The standard InChI is InChI=1S/C27H42N4O2/c1-19(2)18-33-26-10-6-9-24-23(26)17-25(29-24)27(32)28-22-11-13-30(14-12-22)15-16-31-20(3)7-5-8-21(31)4/h6,9-10,17,19-22,29H,5,7-8,11-16,18H2,1-4H3,(H,28,32). The summed E-state index contributed by atoms with van der Waals surface area (Å²) < 4.78 is 5.95. The number of nitrogens with one attached hydrogen (secondary N) is 2. The Morgan fingerprint density at radius 1 is 1.12 bits per heavy atom. The number of benzene rings is 1. The predicted molar refractivity (Wildman–Crippen MR) is 135 cm³/mol. The molecule has 33 heavy (non-hydrogen) atoms. The van der Waals surface area contributed by atoms with Crippen LogP contribution in [0.5, 0.6) is 5.75 Å². The fraction of sp³-hybridized carbons (Fsp3) is 0.667. The van der Waals surface area contributed by atoms with Crippen molar-refractivity contribution in [3.8, 4) is 5.75 Å². The van der Waals surface area contributed by atoms with Crippen LogP contribution in [-0.4, -0.2) is 71.6 Å². The van der Waals surface area contributed by atoms with Crippen LogP contribution in [0.2, 0.25) is 0 Å². The molecule has 2 N–H and O–H groups in total. The minimum atomic E-state index is -0.0181. The molecular weight excluding hydrogens is 412 g/mol. The van der Waals surface area contributed by atoms with Crippen molar-refractivity contribution in [2.45, 2.75) is 77.9 Å². The molecule has 2 atom stereocenters. The van der Waals surface area contributed by atoms with Gasteiger partial charge in [0.05, 0.1) is 6.61 Å². The zero-order valence-electron chi connectivity index (χ0n) is 20.9. The molecule has 4 rings (SSSR count). The third kappa shape index (κ3) is 6.10. The number of nitrogens with zero attached hydrogens (tertiary/aromatic N) is 2. The fourth-order valence-corrected chi connectivity index (χ4v) is 5.37. The van der Waals surface area contributed by atoms with Crippen LogP contribution >= 0.6 is 0 Å². The van der Waals surface area contributed by atoms with E-state index in [2.05, 4.69) is 47.8 Å². The summed E-state index contributed by atoms with van der Waals surface area (Å²) in [6.45, 7) is 14.1. The Morgan fingerprint density at radius 2 is 1.85 bits per heavy atom. The molecule has 1 aromatic heterocycles. The number of aromatic amines is 1. The van der Waals surface area contributed by atoms with Gasteiger partial charge in [0.2, 0.25) is 0 Å². The van der Waals surface area contributed by atoms with Crippen molar-refractivity contribution in [3.05, 3.63) is 30.0 Å². The molecule has 0 bridgehead atoms. The first-order chi connectivity index (χ1) is 15.9. The van der Waals surface area contributed by atoms with Gasteiger partial charge in [-0.05, 0) is 63.6 Å². The van der Waals surface area contributed by atoms with Crippen LogP contribution in [0.15, 0.2) is 24.3 Å². The lowest BCUT2D eigenvalue weighted by atomic mass is 9.97. The highest BCUT2D eigenvalue weighted by Crippen LogP contribution is 2.27. The number of hydrogen-bond donors (Lipinski definition) is 2. The van der Waals surface area contributed by atoms with Gasteiger partial charge in [0.25, 0.3) is 5.91 Å². The van der Waals surface area contributed by atoms with Crippen molar-refractivity contribution in [2.24, 2.45) is 5.92 Å². The van der Waals surface area contributed by atoms with Gasteiger partial charge in [0, 0.05) is 55.2 Å². The van der Waals surface area contributed by atoms with Gasteiger partial charge in [-0.3, -0.25) is 9.69 Å². The highest BCUT2D eigenvalue weighted by Gasteiger charge is 2.26. The molecule has 2 unspecified atom stereocenters. The second kappa shape index (κ2) is 10.9. The molecule has 0 spiro atoms. The summed E-state index contributed by atoms with van der Waals surface area (Å²) in [6, 6.07) is 9.52. The third-order valence-corrected chi connectivity index (χ3v) is 7.41. The van der Waals surface area contributed by atoms with E-state index in [0.29, 0.717) is 30.3 Å². The number of H-pyrrole nitrogens is 1. The van der Waals surface area contributed by atoms with Crippen molar-refractivity contribution in [2.75, 3.05) is 32.8 Å². The molecule has 6 nitrogen and oxygen atoms in total. The van der Waals surface area contributed by atoms with E-state index in [1.807, 2.05) is 24.3 Å². The Hall–Kier alpha value is -2.05. The molecule has 1 aromatic carbocycles. The van der Waals surface area contributed by atoms with Crippen LogP contribution < -0.4 is 10.1 Å². The number of carbonyl (C=O) groups excluding carboxylic acids is 1. The van der Waals surface area contributed by atoms with Gasteiger partial charge >= 0.3 is 0 Å². The zero-order valence-corrected chi connectivity index (χ0v) is 20.9. The number of hydrogen-bond acceptors (Lipinski definition) is 4. The minimum absolute atomic E-state index is 0.0181. The number of carbonyl (C=O) groups is 1. The Bertz CT molecular complexity index is 906. The van der Waals surface area contributed by atoms with Crippen LogP contribution in [0.3, 0.4) is 0 Å². The van der Waals surface area contributed by atoms with Gasteiger partial charge in [-0.25, -0.2) is 0 Å². The Morgan fingerprint density at radius 3 is 2.55 bits per heavy atom. The van der Waals surface area contributed by atoms with Crippen molar-refractivity contribution in [3.63, 3.8) is 0 Å². The second-order valence-electron chi connectivity index (χ2n) is 10.6. The quantitative estimate of drug-likeness (QED) is 0.609. The minimum Gasteiger partial charge on any atom is -0.493 e. The highest BCUT2D eigenvalue weighted by atomic mass is 16.5. The largest absolute Gasteiger partial charge is 0.493 e. The van der Waals surface area contributed by atoms with E-state index in [9.17, 15) is 4.79 Å². The maximum atomic E-state index is 12.9. The second-order valence-corrected chi connectivity index (χ2v) is 10.6. The predicted octanol–water partition coefficient (Wildman–Crippen LogP) is 4.66. The van der Waals surface area contributed by atoms with E-state index in [4.69, 9.17) is 4.74 Å². The monoisotopic (exact) mass is 454 g/mol. The van der Waals surface area contributed by atoms with Crippen LogP contribution in [0.1, 0.15) is 70.3 Å². The first kappa shape index (κ1) is 24.1. The van der Waals surface area contributed by atoms with Gasteiger partial charge in [-0.15, -0.1) is 0 Å². The van der Waals surface area contributed by atoms with E-state index >= 15 is 0 Å². The molecule has 0 radical (unpaired) electrons. The number of piperidine rings is 2. The summed E-state index contributed by atoms with van der Waals surface area (Å²) in [4.78, 5) is 21.5. The normalized spacial score (nSPS) is 23.3. The molecule has 3 heterocycles. The van der Waals surface area contributed by atoms with E-state index in [-0.39, 0.29) is 11.9 Å². The Labute approximate surface area is 199 Å². The molecule has 0 saturated carbocycles. The Balaban J connectivity index is 1.27. The summed E-state index contributed by atoms with van der Waals surface area (Å²) in [5.41, 5.74) is 1.55. The van der Waals surface area contributed by atoms with Crippen LogP contribution in [0.4, 0.5) is 0 Å². The average molecular weight is 455 g/mol. The van der Waals surface area contributed by atoms with Crippen molar-refractivity contribution in [1.82, 2.24) is 20.1 Å². The summed E-state index contributed by atoms with van der Waals surface area (Å²) in [7, 11) is 0. The molecule has 2 aromatic rings. The number of ether oxygens (including phenoxy) is 1. The summed E-state index contributed by atoms with van der Waals surface area (Å²) in [5, 5.41) is 4.23. The summed E-state index contributed by atoms with van der Waals surface area (Å²) in [5.74, 6) is 1.28.